The van der Waals surface area contributed by atoms with Crippen molar-refractivity contribution in [3.05, 3.63) is 0 Å². The number of hydrogen-bond acceptors (Lipinski definition) is 2. The number of quaternary nitrogens is 1. The van der Waals surface area contributed by atoms with E-state index in [0.29, 0.717) is 13.7 Å². The van der Waals surface area contributed by atoms with Gasteiger partial charge in [-0.25, -0.2) is 0 Å². The third-order valence-electron chi connectivity index (χ3n) is 2.77. The van der Waals surface area contributed by atoms with Gasteiger partial charge in [-0.1, -0.05) is 0 Å². The third-order valence-corrected chi connectivity index (χ3v) is 2.77. The first-order valence-corrected chi connectivity index (χ1v) is 24.5. The van der Waals surface area contributed by atoms with Crippen LogP contribution in [0, 0.1) is 0 Å². The molecule has 0 aliphatic carbocycles. The molecule has 0 aromatic carbocycles. The van der Waals surface area contributed by atoms with Crippen LogP contribution in [0.1, 0.15) is 0 Å². The Balaban J connectivity index is 0. The molecule has 1 aliphatic heterocycles. The maximum atomic E-state index is 2.39. The van der Waals surface area contributed by atoms with Crippen LogP contribution in [0.15, 0.2) is 0 Å². The van der Waals surface area contributed by atoms with Gasteiger partial charge in [0.15, 0.2) is 0 Å². The van der Waals surface area contributed by atoms with Gasteiger partial charge in [-0.05, 0) is 28.2 Å². The molecule has 1 rings (SSSR count). The van der Waals surface area contributed by atoms with Crippen molar-refractivity contribution in [2.75, 3.05) is 42.3 Å². The molecule has 0 N–H and O–H groups in total. The van der Waals surface area contributed by atoms with Crippen LogP contribution in [0.5, 0.6) is 0 Å². The first kappa shape index (κ1) is 23.9. The van der Waals surface area contributed by atoms with Crippen molar-refractivity contribution in [1.29, 1.82) is 0 Å². The normalized spacial score (nSPS) is 16.8. The summed E-state index contributed by atoms with van der Waals surface area (Å²) in [6.45, 7) is 1.13. The van der Waals surface area contributed by atoms with E-state index in [0.717, 1.165) is 4.31 Å². The Hall–Kier alpha value is 1.67. The second-order valence-corrected chi connectivity index (χ2v) is 24.7. The van der Waals surface area contributed by atoms with Gasteiger partial charge in [0.25, 0.3) is 0 Å². The monoisotopic (exact) mass is 495 g/mol. The first-order chi connectivity index (χ1) is 8.83. The van der Waals surface area contributed by atoms with Gasteiger partial charge in [-0.2, -0.15) is 7.06 Å². The predicted octanol–water partition coefficient (Wildman–Crippen LogP) is 1.61. The number of hydrogen-bond donors (Lipinski definition) is 0. The van der Waals surface area contributed by atoms with Crippen LogP contribution >= 0.6 is 0 Å². The standard InChI is InChI=1S/C6H18B3N3.6CH3.2Sn/c1-10(2)8-7-9(11(3)4)12(8,5)6;;;;;;;;/h1-6H3;6*1H3;;. The molecule has 0 aromatic rings. The second-order valence-electron chi connectivity index (χ2n) is 7.58. The predicted molar refractivity (Wildman–Crippen MR) is 103 cm³/mol. The molecule has 8 heteroatoms. The Morgan fingerprint density at radius 2 is 0.900 bits per heavy atom. The molecule has 0 unspecified atom stereocenters. The summed E-state index contributed by atoms with van der Waals surface area (Å²) in [5, 5.41) is 0. The van der Waals surface area contributed by atoms with Gasteiger partial charge < -0.3 is 13.9 Å². The Kier molecular flexibility index (Phi) is 13.5. The summed E-state index contributed by atoms with van der Waals surface area (Å²) < 4.78 is 1.04. The van der Waals surface area contributed by atoms with Gasteiger partial charge in [0.1, 0.15) is 0 Å². The van der Waals surface area contributed by atoms with Crippen molar-refractivity contribution in [3.63, 3.8) is 0 Å². The van der Waals surface area contributed by atoms with Gasteiger partial charge in [-0.3, -0.25) is 0 Å². The topological polar surface area (TPSA) is 6.48 Å². The molecular weight excluding hydrogens is 456 g/mol. The summed E-state index contributed by atoms with van der Waals surface area (Å²) in [5.41, 5.74) is 0. The minimum atomic E-state index is -0.543. The van der Waals surface area contributed by atoms with E-state index in [1.165, 1.54) is 0 Å². The van der Waals surface area contributed by atoms with Crippen LogP contribution in [-0.2, 0) is 0 Å². The van der Waals surface area contributed by atoms with Crippen molar-refractivity contribution in [3.8, 4) is 0 Å². The molecule has 1 aliphatic rings. The van der Waals surface area contributed by atoms with Crippen molar-refractivity contribution in [1.82, 2.24) is 9.62 Å². The molecule has 4 radical (unpaired) electrons. The van der Waals surface area contributed by atoms with E-state index >= 15 is 0 Å². The molecule has 0 saturated carbocycles. The van der Waals surface area contributed by atoms with Crippen molar-refractivity contribution >= 4 is 60.3 Å². The Morgan fingerprint density at radius 3 is 1.00 bits per heavy atom. The zero-order chi connectivity index (χ0) is 16.7. The van der Waals surface area contributed by atoms with Crippen LogP contribution in [0.4, 0.5) is 0 Å². The fraction of sp³-hybridized carbons (Fsp3) is 1.00. The average molecular weight is 492 g/mol. The van der Waals surface area contributed by atoms with E-state index in [1.807, 2.05) is 0 Å². The minimum absolute atomic E-state index is 0.543. The number of rotatable bonds is 2. The van der Waals surface area contributed by atoms with Crippen molar-refractivity contribution in [2.24, 2.45) is 0 Å². The van der Waals surface area contributed by atoms with E-state index < -0.39 is 39.5 Å². The third kappa shape index (κ3) is 10.4. The molecule has 0 amide bonds. The quantitative estimate of drug-likeness (QED) is 0.541. The van der Waals surface area contributed by atoms with Gasteiger partial charge in [-0.15, -0.1) is 0 Å². The second kappa shape index (κ2) is 11.2. The van der Waals surface area contributed by atoms with Crippen LogP contribution in [0.25, 0.3) is 0 Å². The molecular formula is C12H36B3N3Sn2. The summed E-state index contributed by atoms with van der Waals surface area (Å²) >= 11 is -1.09. The summed E-state index contributed by atoms with van der Waals surface area (Å²) in [6, 6.07) is 0. The molecule has 1 heterocycles. The summed E-state index contributed by atoms with van der Waals surface area (Å²) in [4.78, 5) is 18.7. The Labute approximate surface area is 145 Å². The van der Waals surface area contributed by atoms with Crippen LogP contribution < -0.4 is 0 Å². The van der Waals surface area contributed by atoms with Crippen molar-refractivity contribution < 1.29 is 4.31 Å². The molecule has 0 bridgehead atoms. The molecule has 0 spiro atoms. The van der Waals surface area contributed by atoms with E-state index in [4.69, 9.17) is 0 Å². The molecule has 20 heavy (non-hydrogen) atoms. The summed E-state index contributed by atoms with van der Waals surface area (Å²) in [6.07, 6.45) is 0. The van der Waals surface area contributed by atoms with Gasteiger partial charge in [0, 0.05) is 14.1 Å². The first-order valence-electron chi connectivity index (χ1n) is 7.38. The van der Waals surface area contributed by atoms with Crippen molar-refractivity contribution in [2.45, 2.75) is 29.6 Å². The fourth-order valence-electron chi connectivity index (χ4n) is 2.19. The zero-order valence-electron chi connectivity index (χ0n) is 16.1. The van der Waals surface area contributed by atoms with Gasteiger partial charge in [0.05, 0.1) is 0 Å². The number of nitrogens with zero attached hydrogens (tertiary/aromatic N) is 3. The molecule has 3 nitrogen and oxygen atoms in total. The molecule has 1 saturated heterocycles. The van der Waals surface area contributed by atoms with E-state index in [9.17, 15) is 0 Å². The molecule has 0 aromatic heterocycles. The van der Waals surface area contributed by atoms with E-state index in [2.05, 4.69) is 88.6 Å². The summed E-state index contributed by atoms with van der Waals surface area (Å²) in [7, 11) is 15.5. The van der Waals surface area contributed by atoms with Crippen LogP contribution in [0.2, 0.25) is 29.6 Å². The fourth-order valence-corrected chi connectivity index (χ4v) is 2.19. The Bertz CT molecular complexity index is 225. The zero-order valence-corrected chi connectivity index (χ0v) is 21.8. The van der Waals surface area contributed by atoms with E-state index in [-0.39, 0.29) is 0 Å². The SMILES string of the molecule is CN(C)B1[B-]B(N(C)C)[N+]1(C)C.[CH3][Sn]([CH3])[CH3].[CH3][Sn]([CH3])[CH3]. The molecule has 1 fully saturated rings. The van der Waals surface area contributed by atoms with Crippen LogP contribution in [0.3, 0.4) is 0 Å². The van der Waals surface area contributed by atoms with Crippen LogP contribution in [-0.4, -0.2) is 117 Å². The van der Waals surface area contributed by atoms with Gasteiger partial charge >= 0.3 is 69.2 Å². The molecule has 116 valence electrons. The van der Waals surface area contributed by atoms with Gasteiger partial charge in [0.2, 0.25) is 13.7 Å². The van der Waals surface area contributed by atoms with E-state index in [1.54, 1.807) is 0 Å². The maximum absolute atomic E-state index is 2.39. The summed E-state index contributed by atoms with van der Waals surface area (Å²) in [5.74, 6) is 0. The molecule has 0 atom stereocenters. The Morgan fingerprint density at radius 1 is 0.700 bits per heavy atom. The average Bonchev–Trinajstić information content (AvgIpc) is 2.12.